The van der Waals surface area contributed by atoms with Gasteiger partial charge in [-0.05, 0) is 26.2 Å². The molecule has 2 aliphatic rings. The molecule has 104 valence electrons. The van der Waals surface area contributed by atoms with Gasteiger partial charge in [-0.2, -0.15) is 4.98 Å². The van der Waals surface area contributed by atoms with Crippen LogP contribution in [0.25, 0.3) is 0 Å². The number of nitrogens with one attached hydrogen (secondary N) is 1. The van der Waals surface area contributed by atoms with Crippen molar-refractivity contribution >= 4 is 11.8 Å². The second-order valence-corrected chi connectivity index (χ2v) is 5.86. The molecule has 1 saturated heterocycles. The van der Waals surface area contributed by atoms with E-state index in [1.807, 2.05) is 6.92 Å². The number of hydrogen-bond donors (Lipinski definition) is 2. The molecule has 0 bridgehead atoms. The fraction of sp³-hybridized carbons (Fsp3) is 0.714. The van der Waals surface area contributed by atoms with E-state index < -0.39 is 0 Å². The average Bonchev–Trinajstić information content (AvgIpc) is 2.78. The van der Waals surface area contributed by atoms with E-state index in [0.717, 1.165) is 24.4 Å². The van der Waals surface area contributed by atoms with Gasteiger partial charge >= 0.3 is 0 Å². The summed E-state index contributed by atoms with van der Waals surface area (Å²) in [4.78, 5) is 8.26. The number of aromatic nitrogens is 2. The molecule has 2 fully saturated rings. The third-order valence-corrected chi connectivity index (χ3v) is 4.31. The predicted molar refractivity (Wildman–Crippen MR) is 75.0 cm³/mol. The van der Waals surface area contributed by atoms with Crippen LogP contribution in [-0.4, -0.2) is 28.2 Å². The summed E-state index contributed by atoms with van der Waals surface area (Å²) in [6.07, 6.45) is 9.20. The van der Waals surface area contributed by atoms with Crippen molar-refractivity contribution in [3.8, 4) is 0 Å². The Balaban J connectivity index is 1.66. The number of ether oxygens (including phenoxy) is 1. The molecule has 0 amide bonds. The largest absolute Gasteiger partial charge is 0.373 e. The lowest BCUT2D eigenvalue weighted by Crippen LogP contribution is -2.31. The summed E-state index contributed by atoms with van der Waals surface area (Å²) >= 11 is 0. The second-order valence-electron chi connectivity index (χ2n) is 5.86. The quantitative estimate of drug-likeness (QED) is 0.855. The molecule has 3 rings (SSSR count). The van der Waals surface area contributed by atoms with Crippen molar-refractivity contribution in [2.75, 3.05) is 17.7 Å². The zero-order chi connectivity index (χ0) is 13.3. The van der Waals surface area contributed by atoms with Gasteiger partial charge in [0, 0.05) is 11.8 Å². The third-order valence-electron chi connectivity index (χ3n) is 4.31. The molecule has 5 heteroatoms. The standard InChI is InChI=1S/C14H22N4O/c1-10-8-16-13(15)18-12(10)17-11-7-14(19-9-11)5-3-2-4-6-14/h8,11H,2-7,9H2,1H3,(H3,15,16,17,18)/t11-/m0/s1. The number of nitrogens with zero attached hydrogens (tertiary/aromatic N) is 2. The van der Waals surface area contributed by atoms with E-state index in [1.165, 1.54) is 32.1 Å². The van der Waals surface area contributed by atoms with E-state index in [-0.39, 0.29) is 5.60 Å². The van der Waals surface area contributed by atoms with Gasteiger partial charge in [0.05, 0.1) is 18.2 Å². The summed E-state index contributed by atoms with van der Waals surface area (Å²) in [5.74, 6) is 1.16. The molecule has 0 aromatic carbocycles. The van der Waals surface area contributed by atoms with Crippen molar-refractivity contribution in [2.24, 2.45) is 0 Å². The average molecular weight is 262 g/mol. The summed E-state index contributed by atoms with van der Waals surface area (Å²) < 4.78 is 6.10. The lowest BCUT2D eigenvalue weighted by Gasteiger charge is -2.32. The minimum Gasteiger partial charge on any atom is -0.373 e. The molecule has 1 aliphatic carbocycles. The summed E-state index contributed by atoms with van der Waals surface area (Å²) in [6, 6.07) is 0.339. The van der Waals surface area contributed by atoms with Gasteiger partial charge in [0.2, 0.25) is 5.95 Å². The highest BCUT2D eigenvalue weighted by molar-refractivity contribution is 5.46. The Morgan fingerprint density at radius 1 is 1.37 bits per heavy atom. The van der Waals surface area contributed by atoms with Crippen molar-refractivity contribution < 1.29 is 4.74 Å². The monoisotopic (exact) mass is 262 g/mol. The van der Waals surface area contributed by atoms with Crippen molar-refractivity contribution in [1.82, 2.24) is 9.97 Å². The molecule has 1 aromatic rings. The van der Waals surface area contributed by atoms with Crippen molar-refractivity contribution in [3.05, 3.63) is 11.8 Å². The first-order valence-corrected chi connectivity index (χ1v) is 7.17. The topological polar surface area (TPSA) is 73.1 Å². The number of aryl methyl sites for hydroxylation is 1. The number of nitrogen functional groups attached to an aromatic ring is 1. The number of anilines is 2. The van der Waals surface area contributed by atoms with Crippen molar-refractivity contribution in [1.29, 1.82) is 0 Å². The Morgan fingerprint density at radius 2 is 2.16 bits per heavy atom. The molecule has 5 nitrogen and oxygen atoms in total. The van der Waals surface area contributed by atoms with E-state index in [9.17, 15) is 0 Å². The first-order chi connectivity index (χ1) is 9.17. The van der Waals surface area contributed by atoms with Crippen LogP contribution in [0.15, 0.2) is 6.20 Å². The molecule has 0 unspecified atom stereocenters. The molecule has 2 heterocycles. The van der Waals surface area contributed by atoms with E-state index in [4.69, 9.17) is 10.5 Å². The van der Waals surface area contributed by atoms with Crippen LogP contribution < -0.4 is 11.1 Å². The minimum absolute atomic E-state index is 0.127. The lowest BCUT2D eigenvalue weighted by molar-refractivity contribution is -0.0244. The van der Waals surface area contributed by atoms with Crippen LogP contribution in [0.3, 0.4) is 0 Å². The van der Waals surface area contributed by atoms with E-state index >= 15 is 0 Å². The normalized spacial score (nSPS) is 25.6. The zero-order valence-corrected chi connectivity index (χ0v) is 11.5. The third kappa shape index (κ3) is 2.66. The van der Waals surface area contributed by atoms with E-state index in [2.05, 4.69) is 15.3 Å². The summed E-state index contributed by atoms with van der Waals surface area (Å²) in [7, 11) is 0. The Kier molecular flexibility index (Phi) is 3.31. The van der Waals surface area contributed by atoms with Gasteiger partial charge in [0.15, 0.2) is 0 Å². The zero-order valence-electron chi connectivity index (χ0n) is 11.5. The first-order valence-electron chi connectivity index (χ1n) is 7.17. The Morgan fingerprint density at radius 3 is 2.95 bits per heavy atom. The molecule has 1 aliphatic heterocycles. The van der Waals surface area contributed by atoms with Gasteiger partial charge in [-0.1, -0.05) is 19.3 Å². The maximum atomic E-state index is 6.10. The SMILES string of the molecule is Cc1cnc(N)nc1N[C@@H]1COC2(CCCCC2)C1. The highest BCUT2D eigenvalue weighted by atomic mass is 16.5. The number of hydrogen-bond acceptors (Lipinski definition) is 5. The Bertz CT molecular complexity index is 457. The van der Waals surface area contributed by atoms with E-state index in [1.54, 1.807) is 6.20 Å². The molecule has 1 saturated carbocycles. The smallest absolute Gasteiger partial charge is 0.221 e. The summed E-state index contributed by atoms with van der Waals surface area (Å²) in [5, 5.41) is 3.47. The second kappa shape index (κ2) is 4.96. The molecular formula is C14H22N4O. The molecule has 19 heavy (non-hydrogen) atoms. The fourth-order valence-corrected chi connectivity index (χ4v) is 3.28. The molecule has 1 spiro atoms. The van der Waals surface area contributed by atoms with E-state index in [0.29, 0.717) is 12.0 Å². The molecular weight excluding hydrogens is 240 g/mol. The maximum Gasteiger partial charge on any atom is 0.221 e. The van der Waals surface area contributed by atoms with Gasteiger partial charge in [0.1, 0.15) is 5.82 Å². The molecule has 0 radical (unpaired) electrons. The summed E-state index contributed by atoms with van der Waals surface area (Å²) in [6.45, 7) is 2.76. The lowest BCUT2D eigenvalue weighted by atomic mass is 9.82. The first kappa shape index (κ1) is 12.7. The van der Waals surface area contributed by atoms with Gasteiger partial charge in [0.25, 0.3) is 0 Å². The van der Waals surface area contributed by atoms with Gasteiger partial charge in [-0.25, -0.2) is 4.98 Å². The van der Waals surface area contributed by atoms with Crippen molar-refractivity contribution in [3.63, 3.8) is 0 Å². The van der Waals surface area contributed by atoms with Gasteiger partial charge in [-0.3, -0.25) is 0 Å². The van der Waals surface area contributed by atoms with Crippen LogP contribution in [0.4, 0.5) is 11.8 Å². The Labute approximate surface area is 114 Å². The van der Waals surface area contributed by atoms with Crippen LogP contribution >= 0.6 is 0 Å². The van der Waals surface area contributed by atoms with Crippen LogP contribution in [-0.2, 0) is 4.74 Å². The van der Waals surface area contributed by atoms with Gasteiger partial charge < -0.3 is 15.8 Å². The highest BCUT2D eigenvalue weighted by Gasteiger charge is 2.41. The summed E-state index contributed by atoms with van der Waals surface area (Å²) in [5.41, 5.74) is 6.80. The minimum atomic E-state index is 0.127. The van der Waals surface area contributed by atoms with Gasteiger partial charge in [-0.15, -0.1) is 0 Å². The van der Waals surface area contributed by atoms with Crippen LogP contribution in [0, 0.1) is 6.92 Å². The number of nitrogens with two attached hydrogens (primary N) is 1. The van der Waals surface area contributed by atoms with Crippen LogP contribution in [0.1, 0.15) is 44.1 Å². The molecule has 1 aromatic heterocycles. The predicted octanol–water partition coefficient (Wildman–Crippen LogP) is 2.27. The van der Waals surface area contributed by atoms with Crippen LogP contribution in [0.5, 0.6) is 0 Å². The highest BCUT2D eigenvalue weighted by Crippen LogP contribution is 2.40. The Hall–Kier alpha value is -1.36. The fourth-order valence-electron chi connectivity index (χ4n) is 3.28. The molecule has 3 N–H and O–H groups in total. The van der Waals surface area contributed by atoms with Crippen LogP contribution in [0.2, 0.25) is 0 Å². The number of rotatable bonds is 2. The van der Waals surface area contributed by atoms with Crippen molar-refractivity contribution in [2.45, 2.75) is 57.1 Å². The maximum absolute atomic E-state index is 6.10. The molecule has 1 atom stereocenters.